The lowest BCUT2D eigenvalue weighted by atomic mass is 10.0. The van der Waals surface area contributed by atoms with E-state index in [4.69, 9.17) is 5.73 Å². The highest BCUT2D eigenvalue weighted by molar-refractivity contribution is 8.77. The maximum Gasteiger partial charge on any atom is 0.220 e. The second-order valence-electron chi connectivity index (χ2n) is 3.56. The van der Waals surface area contributed by atoms with E-state index in [1.165, 1.54) is 18.6 Å². The molecule has 1 saturated heterocycles. The molecule has 2 atom stereocenters. The minimum absolute atomic E-state index is 0.0547. The van der Waals surface area contributed by atoms with Crippen LogP contribution >= 0.6 is 21.6 Å². The summed E-state index contributed by atoms with van der Waals surface area (Å²) in [6.45, 7) is 1.92. The molecule has 0 radical (unpaired) electrons. The molecule has 0 saturated carbocycles. The lowest BCUT2D eigenvalue weighted by Gasteiger charge is -2.09. The number of hydrogen-bond donors (Lipinski definition) is 1. The van der Waals surface area contributed by atoms with Gasteiger partial charge >= 0.3 is 0 Å². The van der Waals surface area contributed by atoms with Crippen LogP contribution in [0.5, 0.6) is 0 Å². The minimum atomic E-state index is -0.159. The Bertz CT molecular complexity index is 169. The van der Waals surface area contributed by atoms with Crippen molar-refractivity contribution in [2.24, 2.45) is 11.7 Å². The number of nitrogens with two attached hydrogens (primary N) is 1. The number of rotatable bonds is 5. The zero-order valence-corrected chi connectivity index (χ0v) is 9.63. The van der Waals surface area contributed by atoms with Gasteiger partial charge in [0.1, 0.15) is 0 Å². The third kappa shape index (κ3) is 4.27. The average Bonchev–Trinajstić information content (AvgIpc) is 2.56. The van der Waals surface area contributed by atoms with E-state index in [1.54, 1.807) is 0 Å². The van der Waals surface area contributed by atoms with Crippen molar-refractivity contribution in [1.29, 1.82) is 0 Å². The standard InChI is InChI=1S/C9H17NOS2/c1-7(9(10)11)3-2-4-8-5-6-12-13-8/h7-8H,2-6H2,1H3,(H2,10,11). The highest BCUT2D eigenvalue weighted by Gasteiger charge is 2.16. The molecule has 2 nitrogen and oxygen atoms in total. The first-order valence-electron chi connectivity index (χ1n) is 4.77. The molecule has 76 valence electrons. The summed E-state index contributed by atoms with van der Waals surface area (Å²) >= 11 is 0. The highest BCUT2D eigenvalue weighted by atomic mass is 33.1. The number of primary amides is 1. The van der Waals surface area contributed by atoms with E-state index in [-0.39, 0.29) is 11.8 Å². The van der Waals surface area contributed by atoms with Crippen LogP contribution in [0.3, 0.4) is 0 Å². The van der Waals surface area contributed by atoms with Gasteiger partial charge in [0.05, 0.1) is 0 Å². The Kier molecular flexibility index (Phi) is 5.02. The molecule has 1 amide bonds. The van der Waals surface area contributed by atoms with E-state index < -0.39 is 0 Å². The number of amides is 1. The average molecular weight is 219 g/mol. The monoisotopic (exact) mass is 219 g/mol. The van der Waals surface area contributed by atoms with Gasteiger partial charge in [-0.25, -0.2) is 0 Å². The zero-order chi connectivity index (χ0) is 9.68. The van der Waals surface area contributed by atoms with Crippen molar-refractivity contribution in [3.05, 3.63) is 0 Å². The van der Waals surface area contributed by atoms with E-state index in [1.807, 2.05) is 28.5 Å². The van der Waals surface area contributed by atoms with Gasteiger partial charge in [0, 0.05) is 16.9 Å². The van der Waals surface area contributed by atoms with Crippen LogP contribution in [0.25, 0.3) is 0 Å². The molecule has 0 aliphatic carbocycles. The van der Waals surface area contributed by atoms with E-state index in [0.717, 1.165) is 18.1 Å². The molecular formula is C9H17NOS2. The number of hydrogen-bond acceptors (Lipinski definition) is 3. The molecule has 1 heterocycles. The maximum atomic E-state index is 10.7. The summed E-state index contributed by atoms with van der Waals surface area (Å²) in [6.07, 6.45) is 4.68. The molecular weight excluding hydrogens is 202 g/mol. The Balaban J connectivity index is 2.02. The molecule has 0 aromatic heterocycles. The van der Waals surface area contributed by atoms with Gasteiger partial charge in [-0.3, -0.25) is 4.79 Å². The van der Waals surface area contributed by atoms with Crippen LogP contribution in [0.4, 0.5) is 0 Å². The third-order valence-electron chi connectivity index (χ3n) is 2.38. The van der Waals surface area contributed by atoms with Crippen molar-refractivity contribution in [2.75, 3.05) is 5.75 Å². The Morgan fingerprint density at radius 2 is 2.46 bits per heavy atom. The number of carbonyl (C=O) groups excluding carboxylic acids is 1. The first-order valence-corrected chi connectivity index (χ1v) is 7.16. The fourth-order valence-electron chi connectivity index (χ4n) is 1.36. The molecule has 13 heavy (non-hydrogen) atoms. The molecule has 1 fully saturated rings. The molecule has 2 unspecified atom stereocenters. The fraction of sp³-hybridized carbons (Fsp3) is 0.889. The molecule has 1 rings (SSSR count). The summed E-state index contributed by atoms with van der Waals surface area (Å²) in [5, 5.41) is 0.824. The van der Waals surface area contributed by atoms with Gasteiger partial charge in [-0.2, -0.15) is 0 Å². The SMILES string of the molecule is CC(CCCC1CCSS1)C(N)=O. The van der Waals surface area contributed by atoms with Gasteiger partial charge in [-0.05, 0) is 19.3 Å². The Labute approximate surface area is 87.8 Å². The van der Waals surface area contributed by atoms with E-state index in [9.17, 15) is 4.79 Å². The molecule has 0 spiro atoms. The van der Waals surface area contributed by atoms with E-state index >= 15 is 0 Å². The normalized spacial score (nSPS) is 24.5. The van der Waals surface area contributed by atoms with Gasteiger partial charge in [0.15, 0.2) is 0 Å². The largest absolute Gasteiger partial charge is 0.369 e. The molecule has 0 bridgehead atoms. The molecule has 0 aromatic carbocycles. The van der Waals surface area contributed by atoms with Gasteiger partial charge in [-0.1, -0.05) is 34.9 Å². The van der Waals surface area contributed by atoms with Crippen molar-refractivity contribution in [3.63, 3.8) is 0 Å². The van der Waals surface area contributed by atoms with Crippen molar-refractivity contribution in [2.45, 2.75) is 37.9 Å². The van der Waals surface area contributed by atoms with Gasteiger partial charge in [-0.15, -0.1) is 0 Å². The van der Waals surface area contributed by atoms with E-state index in [2.05, 4.69) is 0 Å². The number of carbonyl (C=O) groups is 1. The molecule has 4 heteroatoms. The summed E-state index contributed by atoms with van der Waals surface area (Å²) in [5.74, 6) is 1.19. The van der Waals surface area contributed by atoms with Crippen LogP contribution < -0.4 is 5.73 Å². The van der Waals surface area contributed by atoms with Gasteiger partial charge in [0.2, 0.25) is 5.91 Å². The zero-order valence-electron chi connectivity index (χ0n) is 7.99. The molecule has 2 N–H and O–H groups in total. The lowest BCUT2D eigenvalue weighted by molar-refractivity contribution is -0.121. The summed E-state index contributed by atoms with van der Waals surface area (Å²) in [4.78, 5) is 10.7. The quantitative estimate of drug-likeness (QED) is 0.722. The molecule has 1 aliphatic heterocycles. The van der Waals surface area contributed by atoms with Gasteiger partial charge < -0.3 is 5.73 Å². The third-order valence-corrected chi connectivity index (χ3v) is 5.38. The van der Waals surface area contributed by atoms with Gasteiger partial charge in [0.25, 0.3) is 0 Å². The van der Waals surface area contributed by atoms with Crippen molar-refractivity contribution >= 4 is 27.5 Å². The van der Waals surface area contributed by atoms with Crippen molar-refractivity contribution < 1.29 is 4.79 Å². The van der Waals surface area contributed by atoms with Crippen LogP contribution in [0.2, 0.25) is 0 Å². The first kappa shape index (κ1) is 11.2. The lowest BCUT2D eigenvalue weighted by Crippen LogP contribution is -2.20. The first-order chi connectivity index (χ1) is 6.20. The summed E-state index contributed by atoms with van der Waals surface area (Å²) in [5.41, 5.74) is 5.18. The van der Waals surface area contributed by atoms with Crippen LogP contribution in [-0.2, 0) is 4.79 Å². The Morgan fingerprint density at radius 3 is 3.00 bits per heavy atom. The smallest absolute Gasteiger partial charge is 0.220 e. The highest BCUT2D eigenvalue weighted by Crippen LogP contribution is 2.39. The van der Waals surface area contributed by atoms with Crippen molar-refractivity contribution in [3.8, 4) is 0 Å². The van der Waals surface area contributed by atoms with Crippen LogP contribution in [0.1, 0.15) is 32.6 Å². The van der Waals surface area contributed by atoms with Crippen LogP contribution in [0.15, 0.2) is 0 Å². The van der Waals surface area contributed by atoms with Crippen LogP contribution in [-0.4, -0.2) is 16.9 Å². The predicted molar refractivity (Wildman–Crippen MR) is 60.7 cm³/mol. The second kappa shape index (κ2) is 5.81. The molecule has 0 aromatic rings. The fourth-order valence-corrected chi connectivity index (χ4v) is 4.39. The minimum Gasteiger partial charge on any atom is -0.369 e. The topological polar surface area (TPSA) is 43.1 Å². The summed E-state index contributed by atoms with van der Waals surface area (Å²) < 4.78 is 0. The van der Waals surface area contributed by atoms with Crippen molar-refractivity contribution in [1.82, 2.24) is 0 Å². The summed E-state index contributed by atoms with van der Waals surface area (Å²) in [6, 6.07) is 0. The van der Waals surface area contributed by atoms with E-state index in [0.29, 0.717) is 0 Å². The maximum absolute atomic E-state index is 10.7. The predicted octanol–water partition coefficient (Wildman–Crippen LogP) is 2.43. The Hall–Kier alpha value is 0.170. The van der Waals surface area contributed by atoms with Crippen LogP contribution in [0, 0.1) is 5.92 Å². The summed E-state index contributed by atoms with van der Waals surface area (Å²) in [7, 11) is 3.98. The second-order valence-corrected chi connectivity index (χ2v) is 6.35. The molecule has 1 aliphatic rings. The Morgan fingerprint density at radius 1 is 1.69 bits per heavy atom.